The predicted molar refractivity (Wildman–Crippen MR) is 71.1 cm³/mol. The Morgan fingerprint density at radius 2 is 1.88 bits per heavy atom. The fourth-order valence-electron chi connectivity index (χ4n) is 2.18. The molecule has 0 bridgehead atoms. The minimum atomic E-state index is -0.453. The van der Waals surface area contributed by atoms with Gasteiger partial charge in [-0.2, -0.15) is 0 Å². The van der Waals surface area contributed by atoms with Crippen LogP contribution >= 0.6 is 11.6 Å². The Morgan fingerprint density at radius 3 is 2.47 bits per heavy atom. The highest BCUT2D eigenvalue weighted by atomic mass is 35.5. The molecule has 0 aromatic heterocycles. The molecule has 0 spiro atoms. The standard InChI is InChI=1S/C13H18ClFN2/c1-13(2)3-5-17(6-4-13)12-7-9(14)10(15)8-11(12)16/h7-8H,3-6,16H2,1-2H3. The lowest BCUT2D eigenvalue weighted by Gasteiger charge is -2.38. The van der Waals surface area contributed by atoms with Gasteiger partial charge in [-0.25, -0.2) is 4.39 Å². The number of hydrogen-bond acceptors (Lipinski definition) is 2. The molecule has 2 rings (SSSR count). The molecule has 1 aromatic rings. The molecular formula is C13H18ClFN2. The summed E-state index contributed by atoms with van der Waals surface area (Å²) in [6.45, 7) is 6.43. The quantitative estimate of drug-likeness (QED) is 0.777. The summed E-state index contributed by atoms with van der Waals surface area (Å²) in [7, 11) is 0. The molecule has 1 aliphatic heterocycles. The van der Waals surface area contributed by atoms with Crippen LogP contribution < -0.4 is 10.6 Å². The van der Waals surface area contributed by atoms with E-state index in [4.69, 9.17) is 17.3 Å². The van der Waals surface area contributed by atoms with E-state index in [-0.39, 0.29) is 5.02 Å². The molecular weight excluding hydrogens is 239 g/mol. The summed E-state index contributed by atoms with van der Waals surface area (Å²) in [4.78, 5) is 2.19. The van der Waals surface area contributed by atoms with Gasteiger partial charge in [0.05, 0.1) is 16.4 Å². The molecule has 4 heteroatoms. The van der Waals surface area contributed by atoms with Crippen LogP contribution in [0.1, 0.15) is 26.7 Å². The minimum absolute atomic E-state index is 0.138. The second-order valence-electron chi connectivity index (χ2n) is 5.48. The van der Waals surface area contributed by atoms with Crippen molar-refractivity contribution in [3.8, 4) is 0 Å². The molecule has 17 heavy (non-hydrogen) atoms. The third kappa shape index (κ3) is 2.65. The number of rotatable bonds is 1. The topological polar surface area (TPSA) is 29.3 Å². The Kier molecular flexibility index (Phi) is 3.21. The lowest BCUT2D eigenvalue weighted by atomic mass is 9.82. The van der Waals surface area contributed by atoms with Crippen molar-refractivity contribution in [3.05, 3.63) is 23.0 Å². The molecule has 2 nitrogen and oxygen atoms in total. The highest BCUT2D eigenvalue weighted by molar-refractivity contribution is 6.31. The van der Waals surface area contributed by atoms with Crippen LogP contribution in [0.15, 0.2) is 12.1 Å². The zero-order valence-electron chi connectivity index (χ0n) is 10.3. The van der Waals surface area contributed by atoms with Gasteiger partial charge in [-0.05, 0) is 24.3 Å². The number of hydrogen-bond donors (Lipinski definition) is 1. The fraction of sp³-hybridized carbons (Fsp3) is 0.538. The van der Waals surface area contributed by atoms with Crippen LogP contribution in [-0.2, 0) is 0 Å². The van der Waals surface area contributed by atoms with Gasteiger partial charge in [0.15, 0.2) is 0 Å². The van der Waals surface area contributed by atoms with E-state index >= 15 is 0 Å². The summed E-state index contributed by atoms with van der Waals surface area (Å²) in [5.74, 6) is -0.453. The van der Waals surface area contributed by atoms with Crippen molar-refractivity contribution in [1.82, 2.24) is 0 Å². The zero-order valence-corrected chi connectivity index (χ0v) is 11.0. The van der Waals surface area contributed by atoms with E-state index in [1.165, 1.54) is 6.07 Å². The first kappa shape index (κ1) is 12.5. The molecule has 1 heterocycles. The molecule has 0 saturated carbocycles. The summed E-state index contributed by atoms with van der Waals surface area (Å²) in [5.41, 5.74) is 7.55. The van der Waals surface area contributed by atoms with E-state index in [1.54, 1.807) is 6.07 Å². The average molecular weight is 257 g/mol. The van der Waals surface area contributed by atoms with Crippen LogP contribution in [0.5, 0.6) is 0 Å². The normalized spacial score (nSPS) is 19.4. The van der Waals surface area contributed by atoms with E-state index in [0.717, 1.165) is 31.6 Å². The van der Waals surface area contributed by atoms with Crippen molar-refractivity contribution < 1.29 is 4.39 Å². The van der Waals surface area contributed by atoms with Crippen molar-refractivity contribution in [2.24, 2.45) is 5.41 Å². The monoisotopic (exact) mass is 256 g/mol. The maximum absolute atomic E-state index is 13.2. The summed E-state index contributed by atoms with van der Waals surface area (Å²) in [6.07, 6.45) is 2.23. The minimum Gasteiger partial charge on any atom is -0.397 e. The van der Waals surface area contributed by atoms with E-state index < -0.39 is 5.82 Å². The highest BCUT2D eigenvalue weighted by Crippen LogP contribution is 2.36. The molecule has 0 radical (unpaired) electrons. The van der Waals surface area contributed by atoms with Gasteiger partial charge < -0.3 is 10.6 Å². The van der Waals surface area contributed by atoms with Crippen LogP contribution in [0.3, 0.4) is 0 Å². The molecule has 1 aromatic carbocycles. The molecule has 0 amide bonds. The van der Waals surface area contributed by atoms with Crippen molar-refractivity contribution in [3.63, 3.8) is 0 Å². The second-order valence-corrected chi connectivity index (χ2v) is 5.88. The van der Waals surface area contributed by atoms with Gasteiger partial charge in [0.25, 0.3) is 0 Å². The van der Waals surface area contributed by atoms with Gasteiger partial charge in [0, 0.05) is 19.2 Å². The lowest BCUT2D eigenvalue weighted by molar-refractivity contribution is 0.280. The van der Waals surface area contributed by atoms with Crippen LogP contribution in [-0.4, -0.2) is 13.1 Å². The number of nitrogens with two attached hydrogens (primary N) is 1. The van der Waals surface area contributed by atoms with E-state index in [0.29, 0.717) is 11.1 Å². The molecule has 94 valence electrons. The number of anilines is 2. The SMILES string of the molecule is CC1(C)CCN(c2cc(Cl)c(F)cc2N)CC1. The molecule has 0 atom stereocenters. The van der Waals surface area contributed by atoms with Crippen LogP contribution in [0.4, 0.5) is 15.8 Å². The maximum Gasteiger partial charge on any atom is 0.143 e. The van der Waals surface area contributed by atoms with E-state index in [2.05, 4.69) is 18.7 Å². The third-order valence-electron chi connectivity index (χ3n) is 3.53. The van der Waals surface area contributed by atoms with E-state index in [9.17, 15) is 4.39 Å². The Hall–Kier alpha value is -0.960. The number of halogens is 2. The lowest BCUT2D eigenvalue weighted by Crippen LogP contribution is -2.37. The molecule has 0 aliphatic carbocycles. The summed E-state index contributed by atoms with van der Waals surface area (Å²) in [5, 5.41) is 0.138. The van der Waals surface area contributed by atoms with Crippen molar-refractivity contribution in [1.29, 1.82) is 0 Å². The van der Waals surface area contributed by atoms with Crippen molar-refractivity contribution in [2.45, 2.75) is 26.7 Å². The molecule has 2 N–H and O–H groups in total. The van der Waals surface area contributed by atoms with Crippen LogP contribution in [0.2, 0.25) is 5.02 Å². The van der Waals surface area contributed by atoms with Gasteiger partial charge in [0.1, 0.15) is 5.82 Å². The van der Waals surface area contributed by atoms with Gasteiger partial charge in [-0.3, -0.25) is 0 Å². The Balaban J connectivity index is 2.21. The zero-order chi connectivity index (χ0) is 12.6. The second kappa shape index (κ2) is 4.37. The first-order chi connectivity index (χ1) is 7.89. The number of nitrogen functional groups attached to an aromatic ring is 1. The summed E-state index contributed by atoms with van der Waals surface area (Å²) in [6, 6.07) is 2.93. The number of piperidine rings is 1. The first-order valence-corrected chi connectivity index (χ1v) is 6.26. The van der Waals surface area contributed by atoms with Gasteiger partial charge in [-0.15, -0.1) is 0 Å². The van der Waals surface area contributed by atoms with Crippen molar-refractivity contribution in [2.75, 3.05) is 23.7 Å². The Morgan fingerprint density at radius 1 is 1.29 bits per heavy atom. The maximum atomic E-state index is 13.2. The molecule has 1 aliphatic rings. The highest BCUT2D eigenvalue weighted by Gasteiger charge is 2.26. The van der Waals surface area contributed by atoms with Gasteiger partial charge in [-0.1, -0.05) is 25.4 Å². The Bertz CT molecular complexity index is 422. The Labute approximate surface area is 107 Å². The number of nitrogens with zero attached hydrogens (tertiary/aromatic N) is 1. The van der Waals surface area contributed by atoms with Gasteiger partial charge in [0.2, 0.25) is 0 Å². The fourth-order valence-corrected chi connectivity index (χ4v) is 2.34. The smallest absolute Gasteiger partial charge is 0.143 e. The predicted octanol–water partition coefficient (Wildman–Crippen LogP) is 3.69. The molecule has 1 saturated heterocycles. The number of benzene rings is 1. The van der Waals surface area contributed by atoms with Gasteiger partial charge >= 0.3 is 0 Å². The first-order valence-electron chi connectivity index (χ1n) is 5.88. The van der Waals surface area contributed by atoms with E-state index in [1.807, 2.05) is 0 Å². The van der Waals surface area contributed by atoms with Crippen LogP contribution in [0, 0.1) is 11.2 Å². The summed E-state index contributed by atoms with van der Waals surface area (Å²) < 4.78 is 13.2. The summed E-state index contributed by atoms with van der Waals surface area (Å²) >= 11 is 5.80. The largest absolute Gasteiger partial charge is 0.397 e. The van der Waals surface area contributed by atoms with Crippen molar-refractivity contribution >= 4 is 23.0 Å². The molecule has 0 unspecified atom stereocenters. The third-order valence-corrected chi connectivity index (χ3v) is 3.82. The average Bonchev–Trinajstić information content (AvgIpc) is 2.24. The van der Waals surface area contributed by atoms with Crippen LogP contribution in [0.25, 0.3) is 0 Å². The molecule has 1 fully saturated rings.